The van der Waals surface area contributed by atoms with Crippen LogP contribution >= 0.6 is 31.9 Å². The van der Waals surface area contributed by atoms with Gasteiger partial charge in [0.2, 0.25) is 0 Å². The molecule has 0 aliphatic carbocycles. The predicted octanol–water partition coefficient (Wildman–Crippen LogP) is 5.65. The van der Waals surface area contributed by atoms with E-state index >= 15 is 0 Å². The van der Waals surface area contributed by atoms with Gasteiger partial charge in [-0.1, -0.05) is 12.1 Å². The summed E-state index contributed by atoms with van der Waals surface area (Å²) in [5.41, 5.74) is 3.42. The van der Waals surface area contributed by atoms with Gasteiger partial charge >= 0.3 is 0 Å². The number of ether oxygens (including phenoxy) is 1. The number of fused-ring (bicyclic) bond motifs is 1. The average molecular weight is 529 g/mol. The van der Waals surface area contributed by atoms with Crippen LogP contribution in [0.1, 0.15) is 27.0 Å². The minimum Gasteiger partial charge on any atom is -0.506 e. The molecule has 0 spiro atoms. The Balaban J connectivity index is 1.75. The van der Waals surface area contributed by atoms with E-state index < -0.39 is 0 Å². The topological polar surface area (TPSA) is 75.6 Å². The number of ketones is 1. The van der Waals surface area contributed by atoms with Gasteiger partial charge in [0.05, 0.1) is 16.1 Å². The van der Waals surface area contributed by atoms with Gasteiger partial charge in [0, 0.05) is 28.0 Å². The summed E-state index contributed by atoms with van der Waals surface area (Å²) >= 11 is 6.59. The van der Waals surface area contributed by atoms with Crippen molar-refractivity contribution in [1.82, 2.24) is 0 Å². The SMILES string of the molecule is COc1cccc(C(=O)c2ccc3c(c2)C(=Cc2cc(Br)c(O)c(Br)c2)C(=O)N3)c1. The van der Waals surface area contributed by atoms with Crippen molar-refractivity contribution in [3.63, 3.8) is 0 Å². The number of nitrogens with one attached hydrogen (secondary N) is 1. The number of carbonyl (C=O) groups excluding carboxylic acids is 2. The normalized spacial score (nSPS) is 13.8. The number of methoxy groups -OCH3 is 1. The van der Waals surface area contributed by atoms with Crippen LogP contribution < -0.4 is 10.1 Å². The van der Waals surface area contributed by atoms with Crippen LogP contribution in [0.4, 0.5) is 5.69 Å². The number of benzene rings is 3. The summed E-state index contributed by atoms with van der Waals surface area (Å²) in [6, 6.07) is 15.5. The second kappa shape index (κ2) is 8.08. The number of aromatic hydroxyl groups is 1. The minimum absolute atomic E-state index is 0.0830. The van der Waals surface area contributed by atoms with Gasteiger partial charge in [0.1, 0.15) is 11.5 Å². The highest BCUT2D eigenvalue weighted by Crippen LogP contribution is 2.37. The molecule has 5 nitrogen and oxygen atoms in total. The number of halogens is 2. The van der Waals surface area contributed by atoms with Gasteiger partial charge < -0.3 is 15.2 Å². The zero-order chi connectivity index (χ0) is 21.4. The molecule has 1 aliphatic rings. The number of anilines is 1. The quantitative estimate of drug-likeness (QED) is 0.339. The first-order chi connectivity index (χ1) is 14.4. The third kappa shape index (κ3) is 3.78. The molecule has 0 atom stereocenters. The molecule has 2 N–H and O–H groups in total. The first-order valence-corrected chi connectivity index (χ1v) is 10.5. The van der Waals surface area contributed by atoms with E-state index in [4.69, 9.17) is 4.74 Å². The molecular weight excluding hydrogens is 514 g/mol. The number of carbonyl (C=O) groups is 2. The largest absolute Gasteiger partial charge is 0.506 e. The number of hydrogen-bond acceptors (Lipinski definition) is 4. The predicted molar refractivity (Wildman–Crippen MR) is 123 cm³/mol. The van der Waals surface area contributed by atoms with Crippen molar-refractivity contribution in [2.24, 2.45) is 0 Å². The van der Waals surface area contributed by atoms with E-state index in [1.165, 1.54) is 0 Å². The highest BCUT2D eigenvalue weighted by atomic mass is 79.9. The lowest BCUT2D eigenvalue weighted by Gasteiger charge is -2.07. The van der Waals surface area contributed by atoms with Crippen LogP contribution in [0.3, 0.4) is 0 Å². The van der Waals surface area contributed by atoms with E-state index in [0.717, 1.165) is 0 Å². The Kier molecular flexibility index (Phi) is 5.49. The fraction of sp³-hybridized carbons (Fsp3) is 0.0435. The summed E-state index contributed by atoms with van der Waals surface area (Å²) in [6.07, 6.45) is 1.72. The molecule has 1 aliphatic heterocycles. The highest BCUT2D eigenvalue weighted by molar-refractivity contribution is 9.11. The first-order valence-electron chi connectivity index (χ1n) is 8.91. The van der Waals surface area contributed by atoms with Crippen molar-refractivity contribution in [1.29, 1.82) is 0 Å². The summed E-state index contributed by atoms with van der Waals surface area (Å²) in [4.78, 5) is 25.5. The maximum Gasteiger partial charge on any atom is 0.256 e. The van der Waals surface area contributed by atoms with Gasteiger partial charge in [-0.25, -0.2) is 0 Å². The van der Waals surface area contributed by atoms with Crippen LogP contribution in [-0.2, 0) is 4.79 Å². The zero-order valence-corrected chi connectivity index (χ0v) is 18.9. The van der Waals surface area contributed by atoms with Crippen molar-refractivity contribution < 1.29 is 19.4 Å². The van der Waals surface area contributed by atoms with Crippen LogP contribution in [0.2, 0.25) is 0 Å². The van der Waals surface area contributed by atoms with Gasteiger partial charge in [-0.2, -0.15) is 0 Å². The van der Waals surface area contributed by atoms with E-state index in [1.807, 2.05) is 0 Å². The molecule has 7 heteroatoms. The Morgan fingerprint density at radius 1 is 1.03 bits per heavy atom. The molecule has 1 amide bonds. The second-order valence-corrected chi connectivity index (χ2v) is 8.38. The van der Waals surface area contributed by atoms with Gasteiger partial charge in [0.15, 0.2) is 5.78 Å². The lowest BCUT2D eigenvalue weighted by Crippen LogP contribution is -2.03. The van der Waals surface area contributed by atoms with Crippen LogP contribution in [0.5, 0.6) is 11.5 Å². The molecule has 0 fully saturated rings. The molecule has 3 aromatic carbocycles. The van der Waals surface area contributed by atoms with Crippen LogP contribution in [-0.4, -0.2) is 23.9 Å². The summed E-state index contributed by atoms with van der Waals surface area (Å²) < 4.78 is 6.21. The molecule has 0 saturated heterocycles. The molecule has 0 aromatic heterocycles. The van der Waals surface area contributed by atoms with E-state index in [-0.39, 0.29) is 17.4 Å². The van der Waals surface area contributed by atoms with Crippen molar-refractivity contribution in [3.05, 3.63) is 85.8 Å². The Bertz CT molecular complexity index is 1210. The van der Waals surface area contributed by atoms with Gasteiger partial charge in [-0.15, -0.1) is 0 Å². The third-order valence-electron chi connectivity index (χ3n) is 4.75. The molecular formula is C23H15Br2NO4. The molecule has 30 heavy (non-hydrogen) atoms. The van der Waals surface area contributed by atoms with Gasteiger partial charge in [-0.05, 0) is 86.0 Å². The lowest BCUT2D eigenvalue weighted by atomic mass is 9.97. The van der Waals surface area contributed by atoms with E-state index in [0.29, 0.717) is 48.2 Å². The Labute approximate surface area is 189 Å². The smallest absolute Gasteiger partial charge is 0.256 e. The van der Waals surface area contributed by atoms with E-state index in [2.05, 4.69) is 37.2 Å². The number of rotatable bonds is 4. The maximum atomic E-state index is 13.0. The maximum absolute atomic E-state index is 13.0. The molecule has 1 heterocycles. The van der Waals surface area contributed by atoms with Crippen molar-refractivity contribution in [2.45, 2.75) is 0 Å². The van der Waals surface area contributed by atoms with Crippen molar-refractivity contribution >= 4 is 60.9 Å². The Morgan fingerprint density at radius 3 is 2.43 bits per heavy atom. The Morgan fingerprint density at radius 2 is 1.73 bits per heavy atom. The van der Waals surface area contributed by atoms with Gasteiger partial charge in [0.25, 0.3) is 5.91 Å². The molecule has 4 rings (SSSR count). The highest BCUT2D eigenvalue weighted by Gasteiger charge is 2.25. The molecule has 0 saturated carbocycles. The number of phenols is 1. The monoisotopic (exact) mass is 527 g/mol. The number of amides is 1. The zero-order valence-electron chi connectivity index (χ0n) is 15.7. The minimum atomic E-state index is -0.253. The molecule has 3 aromatic rings. The first kappa shape index (κ1) is 20.4. The fourth-order valence-electron chi connectivity index (χ4n) is 3.24. The number of hydrogen-bond donors (Lipinski definition) is 2. The van der Waals surface area contributed by atoms with Crippen LogP contribution in [0, 0.1) is 0 Å². The molecule has 150 valence electrons. The van der Waals surface area contributed by atoms with Crippen molar-refractivity contribution in [3.8, 4) is 11.5 Å². The molecule has 0 radical (unpaired) electrons. The average Bonchev–Trinajstić information content (AvgIpc) is 3.05. The molecule has 0 unspecified atom stereocenters. The standard InChI is InChI=1S/C23H15Br2NO4/c1-30-15-4-2-3-13(10-15)21(27)14-5-6-20-16(11-14)17(23(29)26-20)7-12-8-18(24)22(28)19(25)9-12/h2-11,28H,1H3,(H,26,29). The lowest BCUT2D eigenvalue weighted by molar-refractivity contribution is -0.110. The third-order valence-corrected chi connectivity index (χ3v) is 5.96. The fourth-order valence-corrected chi connectivity index (χ4v) is 4.46. The summed E-state index contributed by atoms with van der Waals surface area (Å²) in [6.45, 7) is 0. The van der Waals surface area contributed by atoms with Crippen molar-refractivity contribution in [2.75, 3.05) is 12.4 Å². The summed E-state index contributed by atoms with van der Waals surface area (Å²) in [5, 5.41) is 12.7. The van der Waals surface area contributed by atoms with Crippen LogP contribution in [0.15, 0.2) is 63.5 Å². The van der Waals surface area contributed by atoms with Gasteiger partial charge in [-0.3, -0.25) is 9.59 Å². The van der Waals surface area contributed by atoms with E-state index in [9.17, 15) is 14.7 Å². The van der Waals surface area contributed by atoms with E-state index in [1.54, 1.807) is 67.8 Å². The summed E-state index contributed by atoms with van der Waals surface area (Å²) in [7, 11) is 1.55. The second-order valence-electron chi connectivity index (χ2n) is 6.67. The number of phenolic OH excluding ortho intramolecular Hbond substituents is 1. The van der Waals surface area contributed by atoms with Crippen LogP contribution in [0.25, 0.3) is 11.6 Å². The Hall–Kier alpha value is -2.90. The summed E-state index contributed by atoms with van der Waals surface area (Å²) in [5.74, 6) is 0.268. The molecule has 0 bridgehead atoms.